The number of sulfonamides is 1. The Balaban J connectivity index is 1.68. The van der Waals surface area contributed by atoms with Gasteiger partial charge in [0, 0.05) is 24.2 Å². The highest BCUT2D eigenvalue weighted by atomic mass is 32.2. The van der Waals surface area contributed by atoms with E-state index < -0.39 is 20.9 Å². The van der Waals surface area contributed by atoms with E-state index in [1.54, 1.807) is 18.2 Å². The highest BCUT2D eigenvalue weighted by molar-refractivity contribution is 7.92. The minimum Gasteiger partial charge on any atom is -0.495 e. The largest absolute Gasteiger partial charge is 0.495 e. The second-order valence-corrected chi connectivity index (χ2v) is 8.55. The summed E-state index contributed by atoms with van der Waals surface area (Å²) >= 11 is 0. The summed E-state index contributed by atoms with van der Waals surface area (Å²) in [4.78, 5) is 22.5. The number of nitrogens with one attached hydrogen (secondary N) is 2. The lowest BCUT2D eigenvalue weighted by Crippen LogP contribution is -2.26. The van der Waals surface area contributed by atoms with Crippen LogP contribution in [0, 0.1) is 15.9 Å². The molecule has 0 bridgehead atoms. The first-order valence-corrected chi connectivity index (χ1v) is 11.2. The zero-order valence-corrected chi connectivity index (χ0v) is 18.3. The Morgan fingerprint density at radius 1 is 1.09 bits per heavy atom. The molecule has 0 saturated heterocycles. The van der Waals surface area contributed by atoms with Gasteiger partial charge in [-0.25, -0.2) is 12.8 Å². The number of nitro groups is 1. The molecule has 11 heteroatoms. The third-order valence-electron chi connectivity index (χ3n) is 4.70. The van der Waals surface area contributed by atoms with Crippen LogP contribution in [-0.2, 0) is 16.4 Å². The van der Waals surface area contributed by atoms with Gasteiger partial charge in [-0.3, -0.25) is 19.6 Å². The van der Waals surface area contributed by atoms with Crippen molar-refractivity contribution in [2.24, 2.45) is 0 Å². The van der Waals surface area contributed by atoms with Crippen molar-refractivity contribution in [1.29, 1.82) is 0 Å². The summed E-state index contributed by atoms with van der Waals surface area (Å²) in [6.45, 7) is 0.202. The van der Waals surface area contributed by atoms with E-state index in [0.29, 0.717) is 12.0 Å². The Labute approximate surface area is 189 Å². The monoisotopic (exact) mass is 473 g/mol. The number of nitrogens with zero attached hydrogens (tertiary/aromatic N) is 1. The number of rotatable bonds is 9. The molecule has 0 radical (unpaired) electrons. The number of anilines is 1. The lowest BCUT2D eigenvalue weighted by atomic mass is 10.1. The van der Waals surface area contributed by atoms with Gasteiger partial charge in [0.15, 0.2) is 0 Å². The van der Waals surface area contributed by atoms with Crippen LogP contribution in [0.1, 0.15) is 15.9 Å². The number of non-ortho nitro benzene ring substituents is 1. The number of carbonyl (C=O) groups is 1. The predicted octanol–water partition coefficient (Wildman–Crippen LogP) is 3.52. The van der Waals surface area contributed by atoms with Gasteiger partial charge in [-0.15, -0.1) is 0 Å². The number of amides is 1. The summed E-state index contributed by atoms with van der Waals surface area (Å²) in [5.41, 5.74) is 0.287. The molecule has 0 unspecified atom stereocenters. The molecule has 0 aliphatic heterocycles. The SMILES string of the molecule is COc1ccc([N+](=O)[O-])cc1NS(=O)(=O)c1ccc(C(=O)NCCc2ccccc2F)cc1. The maximum absolute atomic E-state index is 13.6. The topological polar surface area (TPSA) is 128 Å². The Morgan fingerprint density at radius 2 is 1.79 bits per heavy atom. The first-order valence-electron chi connectivity index (χ1n) is 9.68. The standard InChI is InChI=1S/C22H20FN3O6S/c1-32-21-11-8-17(26(28)29)14-20(21)25-33(30,31)18-9-6-16(7-10-18)22(27)24-13-12-15-4-2-3-5-19(15)23/h2-11,14,25H,12-13H2,1H3,(H,24,27). The Kier molecular flexibility index (Phi) is 7.23. The van der Waals surface area contributed by atoms with Crippen LogP contribution < -0.4 is 14.8 Å². The van der Waals surface area contributed by atoms with Gasteiger partial charge < -0.3 is 10.1 Å². The molecule has 0 spiro atoms. The van der Waals surface area contributed by atoms with Crippen molar-refractivity contribution in [3.8, 4) is 5.75 Å². The first kappa shape index (κ1) is 23.7. The Bertz CT molecular complexity index is 1280. The van der Waals surface area contributed by atoms with Gasteiger partial charge in [0.2, 0.25) is 0 Å². The molecule has 3 aromatic carbocycles. The summed E-state index contributed by atoms with van der Waals surface area (Å²) in [6.07, 6.45) is 0.305. The average molecular weight is 473 g/mol. The summed E-state index contributed by atoms with van der Waals surface area (Å²) < 4.78 is 46.4. The van der Waals surface area contributed by atoms with Gasteiger partial charge in [0.05, 0.1) is 22.6 Å². The molecule has 172 valence electrons. The number of carbonyl (C=O) groups excluding carboxylic acids is 1. The van der Waals surface area contributed by atoms with E-state index in [-0.39, 0.29) is 39.9 Å². The molecule has 0 saturated carbocycles. The fourth-order valence-corrected chi connectivity index (χ4v) is 4.05. The third-order valence-corrected chi connectivity index (χ3v) is 6.08. The van der Waals surface area contributed by atoms with Crippen LogP contribution in [0.15, 0.2) is 71.6 Å². The van der Waals surface area contributed by atoms with Crippen LogP contribution in [0.3, 0.4) is 0 Å². The van der Waals surface area contributed by atoms with Gasteiger partial charge in [-0.05, 0) is 48.4 Å². The quantitative estimate of drug-likeness (QED) is 0.362. The maximum atomic E-state index is 13.6. The van der Waals surface area contributed by atoms with E-state index in [1.165, 1.54) is 49.6 Å². The molecule has 0 aromatic heterocycles. The van der Waals surface area contributed by atoms with Gasteiger partial charge >= 0.3 is 0 Å². The highest BCUT2D eigenvalue weighted by Gasteiger charge is 2.20. The molecule has 33 heavy (non-hydrogen) atoms. The number of ether oxygens (including phenoxy) is 1. The number of halogens is 1. The number of nitro benzene ring substituents is 1. The van der Waals surface area contributed by atoms with E-state index in [2.05, 4.69) is 10.0 Å². The van der Waals surface area contributed by atoms with Crippen LogP contribution in [0.5, 0.6) is 5.75 Å². The minimum atomic E-state index is -4.11. The van der Waals surface area contributed by atoms with Gasteiger partial charge in [0.25, 0.3) is 21.6 Å². The van der Waals surface area contributed by atoms with Gasteiger partial charge in [-0.2, -0.15) is 0 Å². The molecular weight excluding hydrogens is 453 g/mol. The van der Waals surface area contributed by atoms with Crippen molar-refractivity contribution in [3.05, 3.63) is 93.8 Å². The van der Waals surface area contributed by atoms with Crippen molar-refractivity contribution in [2.45, 2.75) is 11.3 Å². The summed E-state index contributed by atoms with van der Waals surface area (Å²) in [7, 11) is -2.81. The highest BCUT2D eigenvalue weighted by Crippen LogP contribution is 2.30. The number of hydrogen-bond donors (Lipinski definition) is 2. The lowest BCUT2D eigenvalue weighted by Gasteiger charge is -2.12. The van der Waals surface area contributed by atoms with Crippen LogP contribution >= 0.6 is 0 Å². The first-order chi connectivity index (χ1) is 15.7. The Hall–Kier alpha value is -3.99. The summed E-state index contributed by atoms with van der Waals surface area (Å²) in [6, 6.07) is 14.9. The molecule has 0 aliphatic rings. The van der Waals surface area contributed by atoms with Crippen molar-refractivity contribution in [3.63, 3.8) is 0 Å². The maximum Gasteiger partial charge on any atom is 0.271 e. The molecule has 2 N–H and O–H groups in total. The lowest BCUT2D eigenvalue weighted by molar-refractivity contribution is -0.384. The van der Waals surface area contributed by atoms with Gasteiger partial charge in [0.1, 0.15) is 11.6 Å². The molecule has 9 nitrogen and oxygen atoms in total. The van der Waals surface area contributed by atoms with Crippen LogP contribution in [0.2, 0.25) is 0 Å². The van der Waals surface area contributed by atoms with Crippen LogP contribution in [0.25, 0.3) is 0 Å². The van der Waals surface area contributed by atoms with E-state index in [1.807, 2.05) is 0 Å². The molecular formula is C22H20FN3O6S. The normalized spacial score (nSPS) is 11.0. The average Bonchev–Trinajstić information content (AvgIpc) is 2.80. The zero-order valence-electron chi connectivity index (χ0n) is 17.4. The fraction of sp³-hybridized carbons (Fsp3) is 0.136. The van der Waals surface area contributed by atoms with Crippen molar-refractivity contribution in [2.75, 3.05) is 18.4 Å². The van der Waals surface area contributed by atoms with Crippen LogP contribution in [-0.4, -0.2) is 32.9 Å². The Morgan fingerprint density at radius 3 is 2.42 bits per heavy atom. The molecule has 1 amide bonds. The summed E-state index contributed by atoms with van der Waals surface area (Å²) in [5.74, 6) is -0.687. The fourth-order valence-electron chi connectivity index (χ4n) is 2.99. The molecule has 0 atom stereocenters. The van der Waals surface area contributed by atoms with E-state index in [4.69, 9.17) is 4.74 Å². The van der Waals surface area contributed by atoms with E-state index >= 15 is 0 Å². The molecule has 0 fully saturated rings. The molecule has 0 heterocycles. The second-order valence-electron chi connectivity index (χ2n) is 6.87. The van der Waals surface area contributed by atoms with Crippen molar-refractivity contribution in [1.82, 2.24) is 5.32 Å². The molecule has 0 aliphatic carbocycles. The predicted molar refractivity (Wildman–Crippen MR) is 119 cm³/mol. The van der Waals surface area contributed by atoms with Crippen LogP contribution in [0.4, 0.5) is 15.8 Å². The van der Waals surface area contributed by atoms with Crippen molar-refractivity contribution >= 4 is 27.3 Å². The number of benzene rings is 3. The summed E-state index contributed by atoms with van der Waals surface area (Å²) in [5, 5.41) is 13.6. The zero-order chi connectivity index (χ0) is 24.0. The number of methoxy groups -OCH3 is 1. The van der Waals surface area contributed by atoms with E-state index in [9.17, 15) is 27.7 Å². The second kappa shape index (κ2) is 10.1. The number of hydrogen-bond acceptors (Lipinski definition) is 6. The van der Waals surface area contributed by atoms with Crippen molar-refractivity contribution < 1.29 is 27.3 Å². The molecule has 3 aromatic rings. The van der Waals surface area contributed by atoms with Gasteiger partial charge in [-0.1, -0.05) is 18.2 Å². The van der Waals surface area contributed by atoms with E-state index in [0.717, 1.165) is 6.07 Å². The molecule has 3 rings (SSSR count). The smallest absolute Gasteiger partial charge is 0.271 e. The third kappa shape index (κ3) is 5.83. The minimum absolute atomic E-state index is 0.0957.